The Balaban J connectivity index is 1.32. The largest absolute Gasteiger partial charge is 0.478 e. The Morgan fingerprint density at radius 3 is 2.02 bits per heavy atom. The third kappa shape index (κ3) is 4.29. The second kappa shape index (κ2) is 9.93. The highest BCUT2D eigenvalue weighted by molar-refractivity contribution is 5.99. The predicted molar refractivity (Wildman–Crippen MR) is 170 cm³/mol. The molecule has 0 fully saturated rings. The molecule has 1 aliphatic rings. The van der Waals surface area contributed by atoms with E-state index in [4.69, 9.17) is 4.74 Å². The molecule has 7 rings (SSSR count). The highest BCUT2D eigenvalue weighted by atomic mass is 16.5. The summed E-state index contributed by atoms with van der Waals surface area (Å²) in [7, 11) is 0. The van der Waals surface area contributed by atoms with Crippen molar-refractivity contribution in [3.63, 3.8) is 0 Å². The van der Waals surface area contributed by atoms with Gasteiger partial charge >= 0.3 is 5.97 Å². The molecule has 0 saturated heterocycles. The van der Waals surface area contributed by atoms with Gasteiger partial charge in [-0.2, -0.15) is 0 Å². The summed E-state index contributed by atoms with van der Waals surface area (Å²) in [5, 5.41) is 11.5. The highest BCUT2D eigenvalue weighted by Gasteiger charge is 2.35. The van der Waals surface area contributed by atoms with Gasteiger partial charge in [0, 0.05) is 22.2 Å². The van der Waals surface area contributed by atoms with Crippen molar-refractivity contribution >= 4 is 33.8 Å². The van der Waals surface area contributed by atoms with E-state index in [0.717, 1.165) is 17.1 Å². The number of carboxylic acids is 1. The van der Waals surface area contributed by atoms with Crippen molar-refractivity contribution in [2.24, 2.45) is 0 Å². The van der Waals surface area contributed by atoms with Crippen LogP contribution >= 0.6 is 0 Å². The van der Waals surface area contributed by atoms with Gasteiger partial charge in [-0.15, -0.1) is 0 Å². The van der Waals surface area contributed by atoms with Crippen LogP contribution in [0.5, 0.6) is 11.5 Å². The van der Waals surface area contributed by atoms with Crippen LogP contribution in [0.3, 0.4) is 0 Å². The number of rotatable bonds is 6. The molecule has 0 amide bonds. The summed E-state index contributed by atoms with van der Waals surface area (Å²) >= 11 is 0. The topological polar surface area (TPSA) is 49.8 Å². The summed E-state index contributed by atoms with van der Waals surface area (Å²) in [4.78, 5) is 13.5. The van der Waals surface area contributed by atoms with E-state index in [1.165, 1.54) is 33.0 Å². The molecule has 0 aliphatic heterocycles. The molecule has 0 bridgehead atoms. The van der Waals surface area contributed by atoms with Crippen LogP contribution in [-0.2, 0) is 5.41 Å². The Hall–Kier alpha value is -5.35. The molecule has 42 heavy (non-hydrogen) atoms. The molecular formula is C38H29NO3. The number of carbonyl (C=O) groups is 1. The van der Waals surface area contributed by atoms with E-state index >= 15 is 0 Å². The third-order valence-electron chi connectivity index (χ3n) is 8.26. The number of nitrogens with zero attached hydrogens (tertiary/aromatic N) is 1. The van der Waals surface area contributed by atoms with Crippen LogP contribution < -0.4 is 9.64 Å². The molecule has 0 aromatic heterocycles. The van der Waals surface area contributed by atoms with Gasteiger partial charge in [-0.05, 0) is 94.4 Å². The van der Waals surface area contributed by atoms with Gasteiger partial charge in [-0.3, -0.25) is 0 Å². The maximum absolute atomic E-state index is 11.2. The smallest absolute Gasteiger partial charge is 0.335 e. The normalized spacial score (nSPS) is 12.9. The zero-order chi connectivity index (χ0) is 28.8. The van der Waals surface area contributed by atoms with Crippen LogP contribution in [0.4, 0.5) is 17.1 Å². The fraction of sp³-hybridized carbons (Fsp3) is 0.0789. The fourth-order valence-electron chi connectivity index (χ4n) is 6.13. The van der Waals surface area contributed by atoms with Gasteiger partial charge in [0.2, 0.25) is 0 Å². The highest BCUT2D eigenvalue weighted by Crippen LogP contribution is 2.51. The molecule has 4 nitrogen and oxygen atoms in total. The van der Waals surface area contributed by atoms with Gasteiger partial charge in [0.05, 0.1) is 11.3 Å². The number of hydrogen-bond acceptors (Lipinski definition) is 3. The maximum Gasteiger partial charge on any atom is 0.335 e. The molecular weight excluding hydrogens is 518 g/mol. The van der Waals surface area contributed by atoms with E-state index < -0.39 is 5.97 Å². The average molecular weight is 548 g/mol. The van der Waals surface area contributed by atoms with E-state index in [1.807, 2.05) is 12.1 Å². The summed E-state index contributed by atoms with van der Waals surface area (Å²) in [6.45, 7) is 4.61. The lowest BCUT2D eigenvalue weighted by Crippen LogP contribution is -2.16. The van der Waals surface area contributed by atoms with E-state index in [2.05, 4.69) is 116 Å². The predicted octanol–water partition coefficient (Wildman–Crippen LogP) is 10.1. The van der Waals surface area contributed by atoms with Gasteiger partial charge in [0.15, 0.2) is 0 Å². The van der Waals surface area contributed by atoms with Crippen LogP contribution in [0.15, 0.2) is 133 Å². The van der Waals surface area contributed by atoms with Crippen molar-refractivity contribution in [3.8, 4) is 22.6 Å². The van der Waals surface area contributed by atoms with Gasteiger partial charge in [0.25, 0.3) is 0 Å². The number of ether oxygens (including phenoxy) is 1. The van der Waals surface area contributed by atoms with Gasteiger partial charge in [-0.25, -0.2) is 4.79 Å². The first-order chi connectivity index (χ1) is 20.4. The number of benzene rings is 6. The van der Waals surface area contributed by atoms with Crippen molar-refractivity contribution in [2.75, 3.05) is 4.90 Å². The number of hydrogen-bond donors (Lipinski definition) is 1. The van der Waals surface area contributed by atoms with Crippen LogP contribution in [-0.4, -0.2) is 11.1 Å². The molecule has 6 aromatic rings. The summed E-state index contributed by atoms with van der Waals surface area (Å²) in [5.74, 6) is 0.294. The first-order valence-electron chi connectivity index (χ1n) is 14.0. The van der Waals surface area contributed by atoms with Crippen molar-refractivity contribution in [3.05, 3.63) is 150 Å². The van der Waals surface area contributed by atoms with E-state index in [0.29, 0.717) is 11.5 Å². The molecule has 0 heterocycles. The molecule has 0 radical (unpaired) electrons. The molecule has 0 unspecified atom stereocenters. The number of carboxylic acid groups (broad SMARTS) is 1. The zero-order valence-corrected chi connectivity index (χ0v) is 23.4. The minimum atomic E-state index is -0.960. The van der Waals surface area contributed by atoms with Gasteiger partial charge < -0.3 is 14.7 Å². The second-order valence-electron chi connectivity index (χ2n) is 11.2. The van der Waals surface area contributed by atoms with Gasteiger partial charge in [0.1, 0.15) is 11.5 Å². The van der Waals surface area contributed by atoms with E-state index in [-0.39, 0.29) is 11.0 Å². The molecule has 1 N–H and O–H groups in total. The summed E-state index contributed by atoms with van der Waals surface area (Å²) in [5.41, 5.74) is 8.57. The van der Waals surface area contributed by atoms with Crippen LogP contribution in [0.25, 0.3) is 21.9 Å². The summed E-state index contributed by atoms with van der Waals surface area (Å²) in [6, 6.07) is 44.9. The number of aromatic carboxylic acids is 1. The Bertz CT molecular complexity index is 1950. The lowest BCUT2D eigenvalue weighted by Gasteiger charge is -2.29. The van der Waals surface area contributed by atoms with Crippen molar-refractivity contribution in [1.82, 2.24) is 0 Å². The van der Waals surface area contributed by atoms with Crippen molar-refractivity contribution in [1.29, 1.82) is 0 Å². The van der Waals surface area contributed by atoms with Crippen LogP contribution in [0.1, 0.15) is 35.3 Å². The fourth-order valence-corrected chi connectivity index (χ4v) is 6.13. The quantitative estimate of drug-likeness (QED) is 0.225. The Labute approximate surface area is 245 Å². The molecule has 6 aromatic carbocycles. The van der Waals surface area contributed by atoms with Crippen molar-refractivity contribution < 1.29 is 14.6 Å². The SMILES string of the molecule is CC1(C)c2ccccc2-c2ccc(N(c3ccc(Oc4ccc(C(=O)O)cc4)cc3)c3cccc4ccccc34)cc21. The molecule has 1 aliphatic carbocycles. The minimum Gasteiger partial charge on any atom is -0.478 e. The lowest BCUT2D eigenvalue weighted by molar-refractivity contribution is 0.0697. The number of anilines is 3. The number of fused-ring (bicyclic) bond motifs is 4. The van der Waals surface area contributed by atoms with Crippen LogP contribution in [0, 0.1) is 0 Å². The Morgan fingerprint density at radius 2 is 1.26 bits per heavy atom. The Kier molecular flexibility index (Phi) is 6.05. The monoisotopic (exact) mass is 547 g/mol. The lowest BCUT2D eigenvalue weighted by atomic mass is 9.82. The molecule has 0 atom stereocenters. The zero-order valence-electron chi connectivity index (χ0n) is 23.4. The minimum absolute atomic E-state index is 0.111. The Morgan fingerprint density at radius 1 is 0.643 bits per heavy atom. The molecule has 204 valence electrons. The first kappa shape index (κ1) is 25.6. The molecule has 0 spiro atoms. The standard InChI is InChI=1S/C38H29NO3/c1-38(2)34-12-6-5-11-32(34)33-23-18-28(24-35(33)38)39(36-13-7-9-25-8-3-4-10-31(25)36)27-16-21-30(22-17-27)42-29-19-14-26(15-20-29)37(40)41/h3-24H,1-2H3,(H,40,41). The molecule has 4 heteroatoms. The van der Waals surface area contributed by atoms with E-state index in [9.17, 15) is 9.90 Å². The summed E-state index contributed by atoms with van der Waals surface area (Å²) < 4.78 is 6.04. The van der Waals surface area contributed by atoms with Crippen LogP contribution in [0.2, 0.25) is 0 Å². The second-order valence-corrected chi connectivity index (χ2v) is 11.2. The third-order valence-corrected chi connectivity index (χ3v) is 8.26. The van der Waals surface area contributed by atoms with Crippen molar-refractivity contribution in [2.45, 2.75) is 19.3 Å². The first-order valence-corrected chi connectivity index (χ1v) is 14.0. The maximum atomic E-state index is 11.2. The molecule has 0 saturated carbocycles. The van der Waals surface area contributed by atoms with E-state index in [1.54, 1.807) is 24.3 Å². The summed E-state index contributed by atoms with van der Waals surface area (Å²) in [6.07, 6.45) is 0. The average Bonchev–Trinajstić information content (AvgIpc) is 3.24. The van der Waals surface area contributed by atoms with Gasteiger partial charge in [-0.1, -0.05) is 80.6 Å².